The number of rotatable bonds is 5. The summed E-state index contributed by atoms with van der Waals surface area (Å²) in [5.74, 6) is 0.654. The van der Waals surface area contributed by atoms with Crippen LogP contribution in [0.3, 0.4) is 0 Å². The van der Waals surface area contributed by atoms with E-state index in [1.165, 1.54) is 5.56 Å². The van der Waals surface area contributed by atoms with E-state index in [1.54, 1.807) is 12.3 Å². The minimum Gasteiger partial charge on any atom is -0.336 e. The third kappa shape index (κ3) is 3.59. The van der Waals surface area contributed by atoms with Crippen LogP contribution in [0.5, 0.6) is 0 Å². The van der Waals surface area contributed by atoms with E-state index in [1.807, 2.05) is 72.4 Å². The van der Waals surface area contributed by atoms with Crippen LogP contribution in [0.15, 0.2) is 71.9 Å². The summed E-state index contributed by atoms with van der Waals surface area (Å²) in [6, 6.07) is 16.9. The SMILES string of the molecule is Cn1ccnc1C(NS(=O)(=O)C1=Cc2ccccc2CC1)c1ccccc1. The van der Waals surface area contributed by atoms with E-state index < -0.39 is 16.1 Å². The van der Waals surface area contributed by atoms with Crippen LogP contribution in [0.4, 0.5) is 0 Å². The van der Waals surface area contributed by atoms with Crippen molar-refractivity contribution in [2.24, 2.45) is 7.05 Å². The Balaban J connectivity index is 1.71. The van der Waals surface area contributed by atoms with Crippen molar-refractivity contribution in [3.63, 3.8) is 0 Å². The van der Waals surface area contributed by atoms with Crippen LogP contribution in [0.25, 0.3) is 6.08 Å². The number of aryl methyl sites for hydroxylation is 2. The molecule has 0 aliphatic heterocycles. The third-order valence-corrected chi connectivity index (χ3v) is 6.44. The molecular weight excluding hydrogens is 358 g/mol. The molecule has 138 valence electrons. The van der Waals surface area contributed by atoms with Gasteiger partial charge in [-0.1, -0.05) is 54.6 Å². The number of benzene rings is 2. The van der Waals surface area contributed by atoms with Crippen LogP contribution in [0, 0.1) is 0 Å². The molecular formula is C21H21N3O2S. The fraction of sp³-hybridized carbons (Fsp3) is 0.190. The first-order valence-corrected chi connectivity index (χ1v) is 10.4. The molecule has 0 spiro atoms. The van der Waals surface area contributed by atoms with Gasteiger partial charge in [0.05, 0.1) is 4.91 Å². The molecule has 1 aliphatic rings. The normalized spacial score (nSPS) is 15.1. The first-order valence-electron chi connectivity index (χ1n) is 8.87. The topological polar surface area (TPSA) is 64.0 Å². The average Bonchev–Trinajstić information content (AvgIpc) is 3.12. The second kappa shape index (κ2) is 7.13. The summed E-state index contributed by atoms with van der Waals surface area (Å²) < 4.78 is 31.1. The van der Waals surface area contributed by atoms with E-state index in [0.29, 0.717) is 17.2 Å². The van der Waals surface area contributed by atoms with Crippen molar-refractivity contribution in [2.45, 2.75) is 18.9 Å². The van der Waals surface area contributed by atoms with E-state index in [4.69, 9.17) is 0 Å². The van der Waals surface area contributed by atoms with Gasteiger partial charge < -0.3 is 4.57 Å². The first kappa shape index (κ1) is 17.7. The molecule has 4 rings (SSSR count). The number of sulfonamides is 1. The van der Waals surface area contributed by atoms with Gasteiger partial charge in [-0.3, -0.25) is 0 Å². The van der Waals surface area contributed by atoms with Gasteiger partial charge in [-0.05, 0) is 35.6 Å². The summed E-state index contributed by atoms with van der Waals surface area (Å²) in [5.41, 5.74) is 3.00. The molecule has 0 saturated carbocycles. The molecule has 2 aromatic carbocycles. The largest absolute Gasteiger partial charge is 0.336 e. The number of fused-ring (bicyclic) bond motifs is 1. The summed E-state index contributed by atoms with van der Waals surface area (Å²) in [6.07, 6.45) is 6.49. The van der Waals surface area contributed by atoms with Gasteiger partial charge in [0.2, 0.25) is 10.0 Å². The molecule has 1 heterocycles. The van der Waals surface area contributed by atoms with Crippen LogP contribution in [-0.4, -0.2) is 18.0 Å². The van der Waals surface area contributed by atoms with Gasteiger partial charge in [-0.2, -0.15) is 4.72 Å². The quantitative estimate of drug-likeness (QED) is 0.739. The van der Waals surface area contributed by atoms with E-state index in [2.05, 4.69) is 9.71 Å². The Morgan fingerprint density at radius 3 is 2.52 bits per heavy atom. The average molecular weight is 379 g/mol. The van der Waals surface area contributed by atoms with Gasteiger partial charge >= 0.3 is 0 Å². The number of nitrogens with one attached hydrogen (secondary N) is 1. The first-order chi connectivity index (χ1) is 13.0. The van der Waals surface area contributed by atoms with Gasteiger partial charge in [0.25, 0.3) is 0 Å². The van der Waals surface area contributed by atoms with E-state index in [-0.39, 0.29) is 0 Å². The fourth-order valence-corrected chi connectivity index (χ4v) is 4.78. The molecule has 1 unspecified atom stereocenters. The molecule has 1 atom stereocenters. The Kier molecular flexibility index (Phi) is 4.68. The Bertz CT molecular complexity index is 1090. The van der Waals surface area contributed by atoms with Crippen molar-refractivity contribution in [3.8, 4) is 0 Å². The number of nitrogens with zero attached hydrogens (tertiary/aromatic N) is 2. The molecule has 0 saturated heterocycles. The predicted molar refractivity (Wildman–Crippen MR) is 106 cm³/mol. The number of imidazole rings is 1. The molecule has 27 heavy (non-hydrogen) atoms. The third-order valence-electron chi connectivity index (χ3n) is 4.88. The lowest BCUT2D eigenvalue weighted by molar-refractivity contribution is 0.567. The molecule has 0 radical (unpaired) electrons. The molecule has 1 aromatic heterocycles. The Morgan fingerprint density at radius 1 is 1.04 bits per heavy atom. The van der Waals surface area contributed by atoms with Gasteiger partial charge in [0, 0.05) is 19.4 Å². The molecule has 1 N–H and O–H groups in total. The summed E-state index contributed by atoms with van der Waals surface area (Å²) in [4.78, 5) is 4.79. The predicted octanol–water partition coefficient (Wildman–Crippen LogP) is 3.42. The van der Waals surface area contributed by atoms with Gasteiger partial charge in [0.15, 0.2) is 0 Å². The van der Waals surface area contributed by atoms with Crippen LogP contribution >= 0.6 is 0 Å². The number of aromatic nitrogens is 2. The highest BCUT2D eigenvalue weighted by molar-refractivity contribution is 7.93. The Morgan fingerprint density at radius 2 is 1.78 bits per heavy atom. The maximum atomic E-state index is 13.2. The molecule has 5 nitrogen and oxygen atoms in total. The molecule has 3 aromatic rings. The highest BCUT2D eigenvalue weighted by Gasteiger charge is 2.28. The van der Waals surface area contributed by atoms with E-state index >= 15 is 0 Å². The van der Waals surface area contributed by atoms with Crippen molar-refractivity contribution in [1.82, 2.24) is 14.3 Å². The van der Waals surface area contributed by atoms with Crippen molar-refractivity contribution in [2.75, 3.05) is 0 Å². The zero-order valence-corrected chi connectivity index (χ0v) is 15.9. The molecule has 0 amide bonds. The summed E-state index contributed by atoms with van der Waals surface area (Å²) in [5, 5.41) is 0. The van der Waals surface area contributed by atoms with Crippen LogP contribution in [-0.2, 0) is 23.5 Å². The highest BCUT2D eigenvalue weighted by atomic mass is 32.2. The number of hydrogen-bond donors (Lipinski definition) is 1. The molecule has 0 fully saturated rings. The van der Waals surface area contributed by atoms with E-state index in [9.17, 15) is 8.42 Å². The lowest BCUT2D eigenvalue weighted by Gasteiger charge is -2.22. The summed E-state index contributed by atoms with van der Waals surface area (Å²) in [7, 11) is -1.79. The fourth-order valence-electron chi connectivity index (χ4n) is 3.42. The standard InChI is InChI=1S/C21H21N3O2S/c1-24-14-13-22-21(24)20(17-8-3-2-4-9-17)23-27(25,26)19-12-11-16-7-5-6-10-18(16)15-19/h2-10,13-15,20,23H,11-12H2,1H3. The monoisotopic (exact) mass is 379 g/mol. The van der Waals surface area contributed by atoms with Crippen molar-refractivity contribution >= 4 is 16.1 Å². The molecule has 0 bridgehead atoms. The van der Waals surface area contributed by atoms with Crippen LogP contribution in [0.1, 0.15) is 35.0 Å². The number of hydrogen-bond acceptors (Lipinski definition) is 3. The highest BCUT2D eigenvalue weighted by Crippen LogP contribution is 2.29. The van der Waals surface area contributed by atoms with Gasteiger partial charge in [0.1, 0.15) is 11.9 Å². The lowest BCUT2D eigenvalue weighted by atomic mass is 9.98. The second-order valence-electron chi connectivity index (χ2n) is 6.67. The van der Waals surface area contributed by atoms with Crippen molar-refractivity contribution < 1.29 is 8.42 Å². The number of allylic oxidation sites excluding steroid dienone is 1. The second-order valence-corrected chi connectivity index (χ2v) is 8.44. The zero-order valence-electron chi connectivity index (χ0n) is 15.0. The van der Waals surface area contributed by atoms with Crippen molar-refractivity contribution in [1.29, 1.82) is 0 Å². The molecule has 1 aliphatic carbocycles. The van der Waals surface area contributed by atoms with E-state index in [0.717, 1.165) is 17.5 Å². The zero-order chi connectivity index (χ0) is 18.9. The molecule has 6 heteroatoms. The Labute approximate surface area is 159 Å². The maximum absolute atomic E-state index is 13.2. The summed E-state index contributed by atoms with van der Waals surface area (Å²) >= 11 is 0. The maximum Gasteiger partial charge on any atom is 0.237 e. The van der Waals surface area contributed by atoms with Crippen LogP contribution < -0.4 is 4.72 Å². The minimum absolute atomic E-state index is 0.413. The van der Waals surface area contributed by atoms with Gasteiger partial charge in [-0.25, -0.2) is 13.4 Å². The Hall–Kier alpha value is -2.70. The minimum atomic E-state index is -3.66. The van der Waals surface area contributed by atoms with Crippen molar-refractivity contribution in [3.05, 3.63) is 94.4 Å². The van der Waals surface area contributed by atoms with Crippen LogP contribution in [0.2, 0.25) is 0 Å². The summed E-state index contributed by atoms with van der Waals surface area (Å²) in [6.45, 7) is 0. The lowest BCUT2D eigenvalue weighted by Crippen LogP contribution is -2.32. The van der Waals surface area contributed by atoms with Gasteiger partial charge in [-0.15, -0.1) is 0 Å². The smallest absolute Gasteiger partial charge is 0.237 e.